The maximum absolute atomic E-state index is 10.9. The highest BCUT2D eigenvalue weighted by atomic mass is 16.3. The topological polar surface area (TPSA) is 40.5 Å². The van der Waals surface area contributed by atoms with Gasteiger partial charge in [-0.05, 0) is 68.6 Å². The van der Waals surface area contributed by atoms with Gasteiger partial charge in [-0.1, -0.05) is 37.6 Å². The lowest BCUT2D eigenvalue weighted by Gasteiger charge is -2.57. The molecule has 2 nitrogen and oxygen atoms in total. The zero-order valence-corrected chi connectivity index (χ0v) is 14.2. The molecule has 4 rings (SSSR count). The maximum Gasteiger partial charge on any atom is 0.0758 e. The Hall–Kier alpha value is -0.600. The van der Waals surface area contributed by atoms with Gasteiger partial charge in [0, 0.05) is 5.41 Å². The quantitative estimate of drug-likeness (QED) is 0.668. The third-order valence-electron chi connectivity index (χ3n) is 8.19. The van der Waals surface area contributed by atoms with Crippen LogP contribution in [0.4, 0.5) is 0 Å². The molecule has 2 N–H and O–H groups in total. The summed E-state index contributed by atoms with van der Waals surface area (Å²) in [6.45, 7) is 6.78. The largest absolute Gasteiger partial charge is 0.390 e. The molecule has 22 heavy (non-hydrogen) atoms. The van der Waals surface area contributed by atoms with Crippen LogP contribution in [0.1, 0.15) is 59.3 Å². The van der Waals surface area contributed by atoms with Crippen LogP contribution in [0.2, 0.25) is 0 Å². The minimum Gasteiger partial charge on any atom is -0.390 e. The van der Waals surface area contributed by atoms with E-state index in [2.05, 4.69) is 32.9 Å². The zero-order chi connectivity index (χ0) is 15.8. The van der Waals surface area contributed by atoms with Gasteiger partial charge in [0.1, 0.15) is 0 Å². The van der Waals surface area contributed by atoms with Crippen LogP contribution in [-0.4, -0.2) is 21.9 Å². The van der Waals surface area contributed by atoms with Crippen molar-refractivity contribution in [2.45, 2.75) is 71.0 Å². The van der Waals surface area contributed by atoms with Crippen molar-refractivity contribution in [3.8, 4) is 0 Å². The molecule has 0 unspecified atom stereocenters. The molecule has 0 aliphatic heterocycles. The fourth-order valence-corrected chi connectivity index (χ4v) is 6.48. The molecule has 2 fully saturated rings. The van der Waals surface area contributed by atoms with Crippen molar-refractivity contribution in [1.29, 1.82) is 0 Å². The van der Waals surface area contributed by atoms with E-state index in [0.717, 1.165) is 25.7 Å². The van der Waals surface area contributed by atoms with Crippen LogP contribution in [0.15, 0.2) is 23.8 Å². The lowest BCUT2D eigenvalue weighted by atomic mass is 9.48. The van der Waals surface area contributed by atoms with Crippen LogP contribution in [0.3, 0.4) is 0 Å². The lowest BCUT2D eigenvalue weighted by molar-refractivity contribution is -0.107. The van der Waals surface area contributed by atoms with Gasteiger partial charge in [0.05, 0.1) is 11.7 Å². The Morgan fingerprint density at radius 3 is 2.59 bits per heavy atom. The van der Waals surface area contributed by atoms with Crippen molar-refractivity contribution in [2.75, 3.05) is 0 Å². The van der Waals surface area contributed by atoms with E-state index in [1.165, 1.54) is 18.4 Å². The van der Waals surface area contributed by atoms with Crippen molar-refractivity contribution in [3.63, 3.8) is 0 Å². The molecule has 0 radical (unpaired) electrons. The van der Waals surface area contributed by atoms with E-state index in [0.29, 0.717) is 17.8 Å². The number of aliphatic hydroxyl groups is 2. The first-order chi connectivity index (χ1) is 10.3. The highest BCUT2D eigenvalue weighted by Crippen LogP contribution is 2.66. The second-order valence-corrected chi connectivity index (χ2v) is 9.02. The molecule has 0 saturated heterocycles. The Kier molecular flexibility index (Phi) is 3.05. The molecule has 2 saturated carbocycles. The summed E-state index contributed by atoms with van der Waals surface area (Å²) < 4.78 is 0. The van der Waals surface area contributed by atoms with Crippen LogP contribution in [0.25, 0.3) is 0 Å². The molecule has 0 aromatic heterocycles. The van der Waals surface area contributed by atoms with E-state index in [1.54, 1.807) is 0 Å². The van der Waals surface area contributed by atoms with Crippen molar-refractivity contribution < 1.29 is 10.2 Å². The van der Waals surface area contributed by atoms with Gasteiger partial charge in [0.25, 0.3) is 0 Å². The normalized spacial score (nSPS) is 56.9. The van der Waals surface area contributed by atoms with Gasteiger partial charge in [-0.25, -0.2) is 0 Å². The summed E-state index contributed by atoms with van der Waals surface area (Å²) in [5.41, 5.74) is 1.19. The van der Waals surface area contributed by atoms with Gasteiger partial charge in [-0.15, -0.1) is 0 Å². The van der Waals surface area contributed by atoms with Gasteiger partial charge < -0.3 is 10.2 Å². The SMILES string of the molecule is C[C@]12C=C[C@@H](O)CC1=CC[C@@H]1[C@@H]2CC[C@@]2(C)[C@H]1CC[C@]2(C)O. The smallest absolute Gasteiger partial charge is 0.0758 e. The second kappa shape index (κ2) is 4.48. The molecule has 0 bridgehead atoms. The van der Waals surface area contributed by atoms with E-state index in [-0.39, 0.29) is 16.9 Å². The monoisotopic (exact) mass is 302 g/mol. The Bertz CT molecular complexity index is 546. The summed E-state index contributed by atoms with van der Waals surface area (Å²) in [7, 11) is 0. The Labute approximate surface area is 134 Å². The van der Waals surface area contributed by atoms with E-state index >= 15 is 0 Å². The molecule has 0 heterocycles. The van der Waals surface area contributed by atoms with Gasteiger partial charge >= 0.3 is 0 Å². The first-order valence-corrected chi connectivity index (χ1v) is 9.07. The van der Waals surface area contributed by atoms with E-state index < -0.39 is 5.60 Å². The summed E-state index contributed by atoms with van der Waals surface area (Å²) in [5, 5.41) is 20.9. The number of hydrogen-bond donors (Lipinski definition) is 2. The summed E-state index contributed by atoms with van der Waals surface area (Å²) in [5.74, 6) is 2.03. The first kappa shape index (κ1) is 15.0. The number of hydrogen-bond acceptors (Lipinski definition) is 2. The minimum absolute atomic E-state index is 0.0910. The van der Waals surface area contributed by atoms with Crippen molar-refractivity contribution >= 4 is 0 Å². The van der Waals surface area contributed by atoms with Crippen molar-refractivity contribution in [3.05, 3.63) is 23.8 Å². The molecule has 0 spiro atoms. The molecule has 0 aromatic rings. The average Bonchev–Trinajstić information content (AvgIpc) is 2.70. The lowest BCUT2D eigenvalue weighted by Crippen LogP contribution is -2.53. The number of aliphatic hydroxyl groups excluding tert-OH is 1. The van der Waals surface area contributed by atoms with Gasteiger partial charge in [-0.3, -0.25) is 0 Å². The third kappa shape index (κ3) is 1.74. The van der Waals surface area contributed by atoms with Gasteiger partial charge in [-0.2, -0.15) is 0 Å². The van der Waals surface area contributed by atoms with Crippen LogP contribution < -0.4 is 0 Å². The number of allylic oxidation sites excluding steroid dienone is 2. The molecule has 4 aliphatic carbocycles. The predicted molar refractivity (Wildman–Crippen MR) is 88.2 cm³/mol. The van der Waals surface area contributed by atoms with Crippen LogP contribution in [0.5, 0.6) is 0 Å². The van der Waals surface area contributed by atoms with Crippen LogP contribution in [0, 0.1) is 28.6 Å². The average molecular weight is 302 g/mol. The summed E-state index contributed by atoms with van der Waals surface area (Å²) in [6, 6.07) is 0. The number of fused-ring (bicyclic) bond motifs is 5. The molecule has 7 atom stereocenters. The summed E-state index contributed by atoms with van der Waals surface area (Å²) >= 11 is 0. The van der Waals surface area contributed by atoms with Crippen molar-refractivity contribution in [1.82, 2.24) is 0 Å². The van der Waals surface area contributed by atoms with Gasteiger partial charge in [0.15, 0.2) is 0 Å². The van der Waals surface area contributed by atoms with Crippen LogP contribution >= 0.6 is 0 Å². The minimum atomic E-state index is -0.494. The van der Waals surface area contributed by atoms with E-state index in [1.807, 2.05) is 6.08 Å². The predicted octanol–water partition coefficient (Wildman–Crippen LogP) is 3.84. The summed E-state index contributed by atoms with van der Waals surface area (Å²) in [6.07, 6.45) is 12.9. The molecule has 2 heteroatoms. The first-order valence-electron chi connectivity index (χ1n) is 9.07. The van der Waals surface area contributed by atoms with Crippen molar-refractivity contribution in [2.24, 2.45) is 28.6 Å². The Morgan fingerprint density at radius 2 is 1.82 bits per heavy atom. The van der Waals surface area contributed by atoms with Crippen LogP contribution in [-0.2, 0) is 0 Å². The number of rotatable bonds is 0. The fourth-order valence-electron chi connectivity index (χ4n) is 6.48. The maximum atomic E-state index is 10.9. The molecule has 0 amide bonds. The fraction of sp³-hybridized carbons (Fsp3) is 0.800. The van der Waals surface area contributed by atoms with Gasteiger partial charge in [0.2, 0.25) is 0 Å². The third-order valence-corrected chi connectivity index (χ3v) is 8.19. The van der Waals surface area contributed by atoms with E-state index in [9.17, 15) is 10.2 Å². The molecule has 4 aliphatic rings. The standard InChI is InChI=1S/C20H30O2/c1-18-9-6-14(21)12-13(18)4-5-15-16(18)7-10-19(2)17(15)8-11-20(19,3)22/h4,6,9,14-17,21-22H,5,7-8,10-12H2,1-3H3/t14-,15-,16+,17+,18+,19+,20+/m1/s1. The summed E-state index contributed by atoms with van der Waals surface area (Å²) in [4.78, 5) is 0. The Morgan fingerprint density at radius 1 is 1.09 bits per heavy atom. The Balaban J connectivity index is 1.72. The van der Waals surface area contributed by atoms with E-state index in [4.69, 9.17) is 0 Å². The molecule has 0 aromatic carbocycles. The second-order valence-electron chi connectivity index (χ2n) is 9.02. The highest BCUT2D eigenvalue weighted by Gasteiger charge is 2.61. The highest BCUT2D eigenvalue weighted by molar-refractivity contribution is 5.33. The molecular weight excluding hydrogens is 272 g/mol. The molecule has 122 valence electrons. The molecular formula is C20H30O2. The zero-order valence-electron chi connectivity index (χ0n) is 14.2.